The Morgan fingerprint density at radius 1 is 1.29 bits per heavy atom. The highest BCUT2D eigenvalue weighted by molar-refractivity contribution is 8.00. The molecule has 0 bridgehead atoms. The molecule has 3 nitrogen and oxygen atoms in total. The van der Waals surface area contributed by atoms with Crippen LogP contribution in [0.5, 0.6) is 5.75 Å². The Morgan fingerprint density at radius 2 is 1.82 bits per heavy atom. The molecule has 4 heteroatoms. The van der Waals surface area contributed by atoms with Gasteiger partial charge in [0, 0.05) is 4.90 Å². The van der Waals surface area contributed by atoms with Crippen LogP contribution in [0.15, 0.2) is 29.2 Å². The predicted molar refractivity (Wildman–Crippen MR) is 69.3 cm³/mol. The monoisotopic (exact) mass is 254 g/mol. The lowest BCUT2D eigenvalue weighted by atomic mass is 10.2. The van der Waals surface area contributed by atoms with Gasteiger partial charge >= 0.3 is 5.97 Å². The van der Waals surface area contributed by atoms with E-state index >= 15 is 0 Å². The van der Waals surface area contributed by atoms with E-state index in [-0.39, 0.29) is 17.0 Å². The normalized spacial score (nSPS) is 13.2. The molecule has 0 fully saturated rings. The minimum absolute atomic E-state index is 0.222. The summed E-state index contributed by atoms with van der Waals surface area (Å²) in [7, 11) is 0. The molecule has 0 saturated heterocycles. The molecular formula is C13H18O3S. The summed E-state index contributed by atoms with van der Waals surface area (Å²) in [6.45, 7) is 7.36. The van der Waals surface area contributed by atoms with Crippen LogP contribution in [-0.4, -0.2) is 21.9 Å². The van der Waals surface area contributed by atoms with Crippen molar-refractivity contribution in [3.8, 4) is 5.75 Å². The number of benzene rings is 1. The van der Waals surface area contributed by atoms with Crippen molar-refractivity contribution >= 4 is 17.7 Å². The van der Waals surface area contributed by atoms with Crippen molar-refractivity contribution in [3.05, 3.63) is 24.3 Å². The van der Waals surface area contributed by atoms with E-state index in [0.717, 1.165) is 4.90 Å². The molecule has 0 amide bonds. The molecule has 1 N–H and O–H groups in total. The summed E-state index contributed by atoms with van der Waals surface area (Å²) in [5, 5.41) is 8.89. The highest BCUT2D eigenvalue weighted by atomic mass is 32.2. The smallest absolute Gasteiger partial charge is 0.319 e. The van der Waals surface area contributed by atoms with Crippen molar-refractivity contribution in [3.63, 3.8) is 0 Å². The highest BCUT2D eigenvalue weighted by Crippen LogP contribution is 2.26. The molecule has 1 aromatic carbocycles. The van der Waals surface area contributed by atoms with E-state index in [1.54, 1.807) is 24.3 Å². The first-order valence-electron chi connectivity index (χ1n) is 5.46. The highest BCUT2D eigenvalue weighted by Gasteiger charge is 2.22. The number of esters is 1. The number of phenols is 1. The maximum Gasteiger partial charge on any atom is 0.319 e. The number of carbonyl (C=O) groups excluding carboxylic acids is 1. The minimum Gasteiger partial charge on any atom is -0.508 e. The topological polar surface area (TPSA) is 46.5 Å². The molecule has 0 saturated carbocycles. The van der Waals surface area contributed by atoms with Crippen molar-refractivity contribution in [2.24, 2.45) is 0 Å². The van der Waals surface area contributed by atoms with Gasteiger partial charge in [0.15, 0.2) is 0 Å². The Morgan fingerprint density at radius 3 is 2.29 bits per heavy atom. The van der Waals surface area contributed by atoms with Gasteiger partial charge in [0.05, 0.1) is 0 Å². The molecule has 1 unspecified atom stereocenters. The van der Waals surface area contributed by atoms with E-state index in [1.165, 1.54) is 11.8 Å². The number of phenolic OH excluding ortho intramolecular Hbond substituents is 1. The number of thioether (sulfide) groups is 1. The summed E-state index contributed by atoms with van der Waals surface area (Å²) in [5.41, 5.74) is -0.457. The van der Waals surface area contributed by atoms with Crippen LogP contribution >= 0.6 is 11.8 Å². The second kappa shape index (κ2) is 5.45. The molecule has 0 aliphatic heterocycles. The number of hydrogen-bond acceptors (Lipinski definition) is 4. The first-order valence-corrected chi connectivity index (χ1v) is 6.34. The maximum absolute atomic E-state index is 11.7. The second-order valence-corrected chi connectivity index (χ2v) is 6.20. The zero-order chi connectivity index (χ0) is 13.1. The van der Waals surface area contributed by atoms with Crippen molar-refractivity contribution < 1.29 is 14.6 Å². The molecule has 0 aliphatic rings. The molecule has 1 rings (SSSR count). The Hall–Kier alpha value is -1.16. The molecule has 0 aliphatic carbocycles. The van der Waals surface area contributed by atoms with Crippen LogP contribution in [0, 0.1) is 0 Å². The van der Waals surface area contributed by atoms with Crippen LogP contribution in [0.3, 0.4) is 0 Å². The Balaban J connectivity index is 2.57. The van der Waals surface area contributed by atoms with Crippen LogP contribution in [0.1, 0.15) is 27.7 Å². The molecule has 0 radical (unpaired) electrons. The first kappa shape index (κ1) is 13.9. The van der Waals surface area contributed by atoms with Gasteiger partial charge < -0.3 is 9.84 Å². The zero-order valence-corrected chi connectivity index (χ0v) is 11.4. The van der Waals surface area contributed by atoms with Crippen LogP contribution in [0.4, 0.5) is 0 Å². The number of ether oxygens (including phenoxy) is 1. The van der Waals surface area contributed by atoms with Crippen molar-refractivity contribution in [1.29, 1.82) is 0 Å². The summed E-state index contributed by atoms with van der Waals surface area (Å²) >= 11 is 1.42. The third-order valence-electron chi connectivity index (χ3n) is 1.89. The summed E-state index contributed by atoms with van der Waals surface area (Å²) in [6.07, 6.45) is 0. The molecule has 0 aromatic heterocycles. The van der Waals surface area contributed by atoms with Gasteiger partial charge in [0.1, 0.15) is 16.6 Å². The van der Waals surface area contributed by atoms with Gasteiger partial charge in [0.25, 0.3) is 0 Å². The van der Waals surface area contributed by atoms with Gasteiger partial charge in [-0.05, 0) is 52.0 Å². The number of aromatic hydroxyl groups is 1. The maximum atomic E-state index is 11.7. The molecule has 1 atom stereocenters. The third-order valence-corrected chi connectivity index (χ3v) is 2.98. The Labute approximate surface area is 106 Å². The average molecular weight is 254 g/mol. The first-order chi connectivity index (χ1) is 7.78. The summed E-state index contributed by atoms with van der Waals surface area (Å²) in [4.78, 5) is 12.7. The molecule has 1 aromatic rings. The molecule has 17 heavy (non-hydrogen) atoms. The summed E-state index contributed by atoms with van der Waals surface area (Å²) < 4.78 is 5.29. The Kier molecular flexibility index (Phi) is 4.46. The van der Waals surface area contributed by atoms with Crippen LogP contribution < -0.4 is 0 Å². The predicted octanol–water partition coefficient (Wildman–Crippen LogP) is 3.21. The summed E-state index contributed by atoms with van der Waals surface area (Å²) in [5.74, 6) is -0.00477. The van der Waals surface area contributed by atoms with Crippen molar-refractivity contribution in [2.75, 3.05) is 0 Å². The van der Waals surface area contributed by atoms with Crippen molar-refractivity contribution in [1.82, 2.24) is 0 Å². The van der Waals surface area contributed by atoms with Gasteiger partial charge in [-0.25, -0.2) is 0 Å². The number of hydrogen-bond donors (Lipinski definition) is 1. The largest absolute Gasteiger partial charge is 0.508 e. The molecular weight excluding hydrogens is 236 g/mol. The third kappa shape index (κ3) is 5.13. The zero-order valence-electron chi connectivity index (χ0n) is 10.6. The fourth-order valence-corrected chi connectivity index (χ4v) is 2.01. The van der Waals surface area contributed by atoms with Crippen molar-refractivity contribution in [2.45, 2.75) is 43.4 Å². The van der Waals surface area contributed by atoms with E-state index in [9.17, 15) is 4.79 Å². The minimum atomic E-state index is -0.457. The van der Waals surface area contributed by atoms with Crippen LogP contribution in [0.2, 0.25) is 0 Å². The molecule has 0 heterocycles. The van der Waals surface area contributed by atoms with Gasteiger partial charge in [-0.2, -0.15) is 0 Å². The van der Waals surface area contributed by atoms with Crippen LogP contribution in [0.25, 0.3) is 0 Å². The molecule has 94 valence electrons. The quantitative estimate of drug-likeness (QED) is 0.664. The van der Waals surface area contributed by atoms with E-state index in [4.69, 9.17) is 9.84 Å². The standard InChI is InChI=1S/C13H18O3S/c1-9(12(15)16-13(2,3)4)17-11-7-5-10(14)6-8-11/h5-9,14H,1-4H3. The van der Waals surface area contributed by atoms with Gasteiger partial charge in [-0.3, -0.25) is 4.79 Å². The fourth-order valence-electron chi connectivity index (χ4n) is 1.16. The second-order valence-electron chi connectivity index (χ2n) is 4.79. The lowest BCUT2D eigenvalue weighted by Gasteiger charge is -2.22. The van der Waals surface area contributed by atoms with E-state index in [1.807, 2.05) is 27.7 Å². The number of carbonyl (C=O) groups is 1. The lowest BCUT2D eigenvalue weighted by Crippen LogP contribution is -2.28. The average Bonchev–Trinajstić information content (AvgIpc) is 2.19. The number of rotatable bonds is 3. The van der Waals surface area contributed by atoms with E-state index < -0.39 is 5.60 Å². The SMILES string of the molecule is CC(Sc1ccc(O)cc1)C(=O)OC(C)(C)C. The van der Waals surface area contributed by atoms with Crippen LogP contribution in [-0.2, 0) is 9.53 Å². The fraction of sp³-hybridized carbons (Fsp3) is 0.462. The van der Waals surface area contributed by atoms with Gasteiger partial charge in [-0.15, -0.1) is 11.8 Å². The van der Waals surface area contributed by atoms with E-state index in [0.29, 0.717) is 0 Å². The Bertz CT molecular complexity index is 379. The molecule has 0 spiro atoms. The van der Waals surface area contributed by atoms with Gasteiger partial charge in [0.2, 0.25) is 0 Å². The van der Waals surface area contributed by atoms with Gasteiger partial charge in [-0.1, -0.05) is 0 Å². The summed E-state index contributed by atoms with van der Waals surface area (Å²) in [6, 6.07) is 6.76. The van der Waals surface area contributed by atoms with E-state index in [2.05, 4.69) is 0 Å². The lowest BCUT2D eigenvalue weighted by molar-refractivity contribution is -0.153.